The molecular formula is C20H11BrClN3O4. The number of hydrogen-bond acceptors (Lipinski definition) is 5. The Hall–Kier alpha value is -3.23. The second kappa shape index (κ2) is 7.65. The normalized spacial score (nSPS) is 10.8. The number of halogens is 2. The van der Waals surface area contributed by atoms with E-state index in [2.05, 4.69) is 26.2 Å². The average Bonchev–Trinajstić information content (AvgIpc) is 3.13. The smallest absolute Gasteiger partial charge is 0.282 e. The summed E-state index contributed by atoms with van der Waals surface area (Å²) in [4.78, 5) is 27.5. The van der Waals surface area contributed by atoms with Gasteiger partial charge in [0.2, 0.25) is 5.89 Å². The van der Waals surface area contributed by atoms with Gasteiger partial charge in [0.1, 0.15) is 11.1 Å². The van der Waals surface area contributed by atoms with Gasteiger partial charge in [-0.2, -0.15) is 0 Å². The maximum atomic E-state index is 12.5. The van der Waals surface area contributed by atoms with Gasteiger partial charge in [0.15, 0.2) is 5.58 Å². The van der Waals surface area contributed by atoms with E-state index in [0.717, 1.165) is 4.47 Å². The number of nitro benzene ring substituents is 1. The predicted molar refractivity (Wildman–Crippen MR) is 113 cm³/mol. The van der Waals surface area contributed by atoms with Gasteiger partial charge < -0.3 is 9.73 Å². The molecule has 0 unspecified atom stereocenters. The van der Waals surface area contributed by atoms with Crippen LogP contribution in [0.25, 0.3) is 22.6 Å². The molecule has 9 heteroatoms. The van der Waals surface area contributed by atoms with Crippen molar-refractivity contribution < 1.29 is 14.1 Å². The number of para-hydroxylation sites is 1. The number of carbonyl (C=O) groups excluding carboxylic acids is 1. The van der Waals surface area contributed by atoms with Crippen molar-refractivity contribution in [3.05, 3.63) is 85.8 Å². The zero-order valence-electron chi connectivity index (χ0n) is 14.6. The zero-order valence-corrected chi connectivity index (χ0v) is 16.9. The fraction of sp³-hybridized carbons (Fsp3) is 0. The van der Waals surface area contributed by atoms with Gasteiger partial charge in [-0.15, -0.1) is 0 Å². The summed E-state index contributed by atoms with van der Waals surface area (Å²) in [6.07, 6.45) is 0. The van der Waals surface area contributed by atoms with E-state index in [1.165, 1.54) is 18.2 Å². The van der Waals surface area contributed by atoms with Crippen LogP contribution in [0.2, 0.25) is 5.02 Å². The number of carbonyl (C=O) groups is 1. The molecule has 0 spiro atoms. The van der Waals surface area contributed by atoms with Gasteiger partial charge in [0.05, 0.1) is 15.5 Å². The lowest BCUT2D eigenvalue weighted by molar-refractivity contribution is -0.385. The predicted octanol–water partition coefficient (Wildman–Crippen LogP) is 6.07. The molecule has 0 atom stereocenters. The molecule has 7 nitrogen and oxygen atoms in total. The van der Waals surface area contributed by atoms with E-state index < -0.39 is 10.8 Å². The van der Waals surface area contributed by atoms with Gasteiger partial charge in [-0.3, -0.25) is 14.9 Å². The van der Waals surface area contributed by atoms with E-state index in [4.69, 9.17) is 16.0 Å². The van der Waals surface area contributed by atoms with Gasteiger partial charge in [0.25, 0.3) is 11.6 Å². The number of hydrogen-bond donors (Lipinski definition) is 1. The Labute approximate surface area is 177 Å². The molecule has 1 amide bonds. The molecule has 0 aliphatic heterocycles. The third-order valence-corrected chi connectivity index (χ3v) is 4.97. The number of anilines is 1. The average molecular weight is 473 g/mol. The van der Waals surface area contributed by atoms with Gasteiger partial charge in [-0.25, -0.2) is 4.98 Å². The highest BCUT2D eigenvalue weighted by molar-refractivity contribution is 9.10. The third-order valence-electron chi connectivity index (χ3n) is 4.15. The number of benzene rings is 3. The number of rotatable bonds is 4. The van der Waals surface area contributed by atoms with Crippen molar-refractivity contribution in [2.45, 2.75) is 0 Å². The number of nitro groups is 1. The number of amides is 1. The van der Waals surface area contributed by atoms with E-state index in [-0.39, 0.29) is 11.3 Å². The van der Waals surface area contributed by atoms with E-state index in [9.17, 15) is 14.9 Å². The Bertz CT molecular complexity index is 1270. The lowest BCUT2D eigenvalue weighted by Gasteiger charge is -2.05. The highest BCUT2D eigenvalue weighted by Crippen LogP contribution is 2.33. The first-order valence-corrected chi connectivity index (χ1v) is 9.50. The van der Waals surface area contributed by atoms with Gasteiger partial charge in [0, 0.05) is 16.2 Å². The standard InChI is InChI=1S/C20H11BrClN3O4/c21-11-5-7-15(22)14(9-11)20-24-16-10-12(6-8-18(16)29-20)23-19(26)13-3-1-2-4-17(13)25(27)28/h1-10H,(H,23,26). The molecular weight excluding hydrogens is 462 g/mol. The Balaban J connectivity index is 1.66. The van der Waals surface area contributed by atoms with Crippen LogP contribution in [-0.4, -0.2) is 15.8 Å². The molecule has 0 bridgehead atoms. The summed E-state index contributed by atoms with van der Waals surface area (Å²) in [5.41, 5.74) is 1.79. The summed E-state index contributed by atoms with van der Waals surface area (Å²) < 4.78 is 6.60. The summed E-state index contributed by atoms with van der Waals surface area (Å²) in [7, 11) is 0. The van der Waals surface area contributed by atoms with Gasteiger partial charge in [-0.05, 0) is 42.5 Å². The molecule has 144 valence electrons. The van der Waals surface area contributed by atoms with Crippen molar-refractivity contribution in [1.29, 1.82) is 0 Å². The van der Waals surface area contributed by atoms with Crippen LogP contribution in [-0.2, 0) is 0 Å². The minimum atomic E-state index is -0.594. The van der Waals surface area contributed by atoms with Crippen LogP contribution in [0.5, 0.6) is 0 Å². The lowest BCUT2D eigenvalue weighted by Crippen LogP contribution is -2.13. The molecule has 1 aromatic heterocycles. The van der Waals surface area contributed by atoms with Crippen molar-refractivity contribution >= 4 is 55.9 Å². The topological polar surface area (TPSA) is 98.3 Å². The molecule has 29 heavy (non-hydrogen) atoms. The van der Waals surface area contributed by atoms with Crippen LogP contribution < -0.4 is 5.32 Å². The fourth-order valence-corrected chi connectivity index (χ4v) is 3.36. The molecule has 0 aliphatic carbocycles. The summed E-state index contributed by atoms with van der Waals surface area (Å²) in [5.74, 6) is -0.246. The molecule has 0 aliphatic rings. The number of fused-ring (bicyclic) bond motifs is 1. The maximum absolute atomic E-state index is 12.5. The SMILES string of the molecule is O=C(Nc1ccc2oc(-c3cc(Br)ccc3Cl)nc2c1)c1ccccc1[N+](=O)[O-]. The Morgan fingerprint density at radius 3 is 2.72 bits per heavy atom. The Morgan fingerprint density at radius 2 is 1.93 bits per heavy atom. The Kier molecular flexibility index (Phi) is 5.04. The zero-order chi connectivity index (χ0) is 20.5. The molecule has 0 saturated heterocycles. The molecule has 0 radical (unpaired) electrons. The minimum absolute atomic E-state index is 0.0284. The van der Waals surface area contributed by atoms with Gasteiger partial charge >= 0.3 is 0 Å². The molecule has 0 saturated carbocycles. The van der Waals surface area contributed by atoms with Crippen molar-refractivity contribution in [1.82, 2.24) is 4.98 Å². The van der Waals surface area contributed by atoms with E-state index in [1.54, 1.807) is 36.4 Å². The molecule has 1 N–H and O–H groups in total. The summed E-state index contributed by atoms with van der Waals surface area (Å²) in [6.45, 7) is 0. The first-order chi connectivity index (χ1) is 13.9. The number of oxazole rings is 1. The number of aromatic nitrogens is 1. The second-order valence-corrected chi connectivity index (χ2v) is 7.38. The van der Waals surface area contributed by atoms with Crippen molar-refractivity contribution in [3.8, 4) is 11.5 Å². The first-order valence-electron chi connectivity index (χ1n) is 8.33. The van der Waals surface area contributed by atoms with E-state index in [0.29, 0.717) is 33.3 Å². The summed E-state index contributed by atoms with van der Waals surface area (Å²) >= 11 is 9.62. The summed E-state index contributed by atoms with van der Waals surface area (Å²) in [6, 6.07) is 16.0. The molecule has 1 heterocycles. The lowest BCUT2D eigenvalue weighted by atomic mass is 10.1. The second-order valence-electron chi connectivity index (χ2n) is 6.05. The van der Waals surface area contributed by atoms with Crippen LogP contribution >= 0.6 is 27.5 Å². The van der Waals surface area contributed by atoms with Crippen molar-refractivity contribution in [2.75, 3.05) is 5.32 Å². The highest BCUT2D eigenvalue weighted by atomic mass is 79.9. The van der Waals surface area contributed by atoms with E-state index >= 15 is 0 Å². The van der Waals surface area contributed by atoms with Crippen molar-refractivity contribution in [2.24, 2.45) is 0 Å². The van der Waals surface area contributed by atoms with Crippen LogP contribution in [0.15, 0.2) is 69.6 Å². The minimum Gasteiger partial charge on any atom is -0.436 e. The van der Waals surface area contributed by atoms with Crippen LogP contribution in [0.4, 0.5) is 11.4 Å². The molecule has 0 fully saturated rings. The maximum Gasteiger partial charge on any atom is 0.282 e. The van der Waals surface area contributed by atoms with E-state index in [1.807, 2.05) is 6.07 Å². The van der Waals surface area contributed by atoms with Crippen LogP contribution in [0.1, 0.15) is 10.4 Å². The molecule has 3 aromatic carbocycles. The van der Waals surface area contributed by atoms with Crippen LogP contribution in [0, 0.1) is 10.1 Å². The molecule has 4 rings (SSSR count). The third kappa shape index (κ3) is 3.85. The Morgan fingerprint density at radius 1 is 1.14 bits per heavy atom. The number of nitrogens with zero attached hydrogens (tertiary/aromatic N) is 2. The summed E-state index contributed by atoms with van der Waals surface area (Å²) in [5, 5.41) is 14.3. The fourth-order valence-electron chi connectivity index (χ4n) is 2.81. The highest BCUT2D eigenvalue weighted by Gasteiger charge is 2.20. The number of nitrogens with one attached hydrogen (secondary N) is 1. The largest absolute Gasteiger partial charge is 0.436 e. The monoisotopic (exact) mass is 471 g/mol. The molecule has 4 aromatic rings. The van der Waals surface area contributed by atoms with Crippen molar-refractivity contribution in [3.63, 3.8) is 0 Å². The first kappa shape index (κ1) is 19.1. The van der Waals surface area contributed by atoms with Gasteiger partial charge in [-0.1, -0.05) is 39.7 Å². The quantitative estimate of drug-likeness (QED) is 0.287. The van der Waals surface area contributed by atoms with Crippen LogP contribution in [0.3, 0.4) is 0 Å².